The van der Waals surface area contributed by atoms with Gasteiger partial charge in [-0.2, -0.15) is 5.26 Å². The Bertz CT molecular complexity index is 423. The maximum Gasteiger partial charge on any atom is 0.234 e. The highest BCUT2D eigenvalue weighted by atomic mass is 16.5. The predicted octanol–water partition coefficient (Wildman–Crippen LogP) is 0.986. The molecule has 0 bridgehead atoms. The van der Waals surface area contributed by atoms with Crippen molar-refractivity contribution in [1.29, 1.82) is 5.26 Å². The van der Waals surface area contributed by atoms with E-state index in [4.69, 9.17) is 10.00 Å². The zero-order valence-electron chi connectivity index (χ0n) is 10.6. The molecule has 0 heterocycles. The van der Waals surface area contributed by atoms with Gasteiger partial charge in [-0.05, 0) is 24.6 Å². The summed E-state index contributed by atoms with van der Waals surface area (Å²) in [6, 6.07) is 9.57. The minimum atomic E-state index is -0.183. The van der Waals surface area contributed by atoms with Crippen molar-refractivity contribution in [2.24, 2.45) is 0 Å². The first-order valence-electron chi connectivity index (χ1n) is 5.68. The Hall–Kier alpha value is -2.06. The van der Waals surface area contributed by atoms with Crippen LogP contribution in [-0.2, 0) is 4.79 Å². The van der Waals surface area contributed by atoms with Gasteiger partial charge in [-0.25, -0.2) is 0 Å². The van der Waals surface area contributed by atoms with E-state index in [1.54, 1.807) is 7.11 Å². The summed E-state index contributed by atoms with van der Waals surface area (Å²) in [4.78, 5) is 11.3. The number of hydrogen-bond donors (Lipinski definition) is 2. The van der Waals surface area contributed by atoms with E-state index in [9.17, 15) is 4.79 Å². The molecule has 1 aromatic carbocycles. The van der Waals surface area contributed by atoms with Gasteiger partial charge in [-0.15, -0.1) is 0 Å². The first kappa shape index (κ1) is 14.0. The van der Waals surface area contributed by atoms with Gasteiger partial charge in [0.15, 0.2) is 0 Å². The van der Waals surface area contributed by atoms with Crippen LogP contribution in [0.4, 0.5) is 0 Å². The molecule has 0 aliphatic heterocycles. The summed E-state index contributed by atoms with van der Waals surface area (Å²) in [5.74, 6) is 0.620. The minimum Gasteiger partial charge on any atom is -0.497 e. The number of carbonyl (C=O) groups is 1. The number of carbonyl (C=O) groups excluding carboxylic acids is 1. The van der Waals surface area contributed by atoms with Crippen molar-refractivity contribution in [3.8, 4) is 11.8 Å². The first-order valence-corrected chi connectivity index (χ1v) is 5.68. The molecule has 0 aromatic heterocycles. The van der Waals surface area contributed by atoms with Crippen LogP contribution < -0.4 is 15.4 Å². The van der Waals surface area contributed by atoms with Gasteiger partial charge >= 0.3 is 0 Å². The normalized spacial score (nSPS) is 11.4. The van der Waals surface area contributed by atoms with Gasteiger partial charge in [0.1, 0.15) is 12.3 Å². The second-order valence-corrected chi connectivity index (χ2v) is 3.81. The van der Waals surface area contributed by atoms with Gasteiger partial charge in [0.05, 0.1) is 19.7 Å². The van der Waals surface area contributed by atoms with Crippen molar-refractivity contribution in [2.75, 3.05) is 20.2 Å². The van der Waals surface area contributed by atoms with Crippen LogP contribution >= 0.6 is 0 Å². The van der Waals surface area contributed by atoms with Gasteiger partial charge < -0.3 is 15.4 Å². The molecule has 0 fully saturated rings. The van der Waals surface area contributed by atoms with Gasteiger partial charge in [-0.1, -0.05) is 12.1 Å². The highest BCUT2D eigenvalue weighted by Crippen LogP contribution is 2.16. The van der Waals surface area contributed by atoms with E-state index in [1.807, 2.05) is 37.3 Å². The summed E-state index contributed by atoms with van der Waals surface area (Å²) < 4.78 is 5.08. The Morgan fingerprint density at radius 1 is 1.44 bits per heavy atom. The molecule has 2 N–H and O–H groups in total. The van der Waals surface area contributed by atoms with E-state index in [0.717, 1.165) is 11.3 Å². The number of benzene rings is 1. The molecule has 0 saturated heterocycles. The van der Waals surface area contributed by atoms with E-state index < -0.39 is 0 Å². The van der Waals surface area contributed by atoms with E-state index in [-0.39, 0.29) is 25.0 Å². The number of ether oxygens (including phenoxy) is 1. The fraction of sp³-hybridized carbons (Fsp3) is 0.385. The van der Waals surface area contributed by atoms with Crippen LogP contribution in [0.15, 0.2) is 24.3 Å². The van der Waals surface area contributed by atoms with Gasteiger partial charge in [0.2, 0.25) is 5.91 Å². The Balaban J connectivity index is 2.42. The van der Waals surface area contributed by atoms with Crippen LogP contribution in [0.2, 0.25) is 0 Å². The molecular weight excluding hydrogens is 230 g/mol. The van der Waals surface area contributed by atoms with E-state index in [1.165, 1.54) is 0 Å². The quantitative estimate of drug-likeness (QED) is 0.735. The Morgan fingerprint density at radius 3 is 2.67 bits per heavy atom. The average Bonchev–Trinajstić information content (AvgIpc) is 2.42. The molecular formula is C13H17N3O2. The van der Waals surface area contributed by atoms with Gasteiger partial charge in [-0.3, -0.25) is 4.79 Å². The smallest absolute Gasteiger partial charge is 0.234 e. The third-order valence-electron chi connectivity index (χ3n) is 2.55. The zero-order chi connectivity index (χ0) is 13.4. The first-order chi connectivity index (χ1) is 8.67. The summed E-state index contributed by atoms with van der Waals surface area (Å²) in [6.45, 7) is 2.20. The molecule has 0 saturated carbocycles. The monoisotopic (exact) mass is 247 g/mol. The maximum absolute atomic E-state index is 11.3. The van der Waals surface area contributed by atoms with E-state index in [0.29, 0.717) is 0 Å². The zero-order valence-corrected chi connectivity index (χ0v) is 10.6. The van der Waals surface area contributed by atoms with E-state index in [2.05, 4.69) is 10.6 Å². The fourth-order valence-corrected chi connectivity index (χ4v) is 1.46. The van der Waals surface area contributed by atoms with Crippen molar-refractivity contribution in [3.05, 3.63) is 29.8 Å². The van der Waals surface area contributed by atoms with Crippen LogP contribution in [-0.4, -0.2) is 26.1 Å². The number of methoxy groups -OCH3 is 1. The van der Waals surface area contributed by atoms with Crippen molar-refractivity contribution < 1.29 is 9.53 Å². The Labute approximate surface area is 107 Å². The lowest BCUT2D eigenvalue weighted by Crippen LogP contribution is -2.35. The highest BCUT2D eigenvalue weighted by molar-refractivity contribution is 5.78. The number of rotatable bonds is 6. The summed E-state index contributed by atoms with van der Waals surface area (Å²) in [5, 5.41) is 13.9. The van der Waals surface area contributed by atoms with Crippen molar-refractivity contribution in [2.45, 2.75) is 13.0 Å². The Kier molecular flexibility index (Phi) is 5.68. The molecule has 5 heteroatoms. The largest absolute Gasteiger partial charge is 0.497 e. The van der Waals surface area contributed by atoms with Crippen LogP contribution in [0.25, 0.3) is 0 Å². The lowest BCUT2D eigenvalue weighted by Gasteiger charge is -2.14. The second kappa shape index (κ2) is 7.30. The molecule has 0 spiro atoms. The molecule has 18 heavy (non-hydrogen) atoms. The van der Waals surface area contributed by atoms with Gasteiger partial charge in [0, 0.05) is 6.04 Å². The number of nitrogens with one attached hydrogen (secondary N) is 2. The third-order valence-corrected chi connectivity index (χ3v) is 2.55. The molecule has 0 unspecified atom stereocenters. The number of nitriles is 1. The molecule has 0 aliphatic carbocycles. The molecule has 1 aromatic rings. The SMILES string of the molecule is COc1ccc([C@H](C)NCC(=O)NCC#N)cc1. The molecule has 5 nitrogen and oxygen atoms in total. The summed E-state index contributed by atoms with van der Waals surface area (Å²) >= 11 is 0. The molecule has 96 valence electrons. The Morgan fingerprint density at radius 2 is 2.11 bits per heavy atom. The molecule has 1 rings (SSSR count). The van der Waals surface area contributed by atoms with Crippen LogP contribution in [0.3, 0.4) is 0 Å². The lowest BCUT2D eigenvalue weighted by molar-refractivity contribution is -0.120. The third kappa shape index (κ3) is 4.44. The summed E-state index contributed by atoms with van der Waals surface area (Å²) in [6.07, 6.45) is 0. The summed E-state index contributed by atoms with van der Waals surface area (Å²) in [5.41, 5.74) is 1.07. The van der Waals surface area contributed by atoms with E-state index >= 15 is 0 Å². The maximum atomic E-state index is 11.3. The van der Waals surface area contributed by atoms with Crippen molar-refractivity contribution in [1.82, 2.24) is 10.6 Å². The molecule has 0 radical (unpaired) electrons. The lowest BCUT2D eigenvalue weighted by atomic mass is 10.1. The van der Waals surface area contributed by atoms with Crippen molar-refractivity contribution in [3.63, 3.8) is 0 Å². The van der Waals surface area contributed by atoms with Crippen LogP contribution in [0.5, 0.6) is 5.75 Å². The van der Waals surface area contributed by atoms with Crippen LogP contribution in [0, 0.1) is 11.3 Å². The predicted molar refractivity (Wildman–Crippen MR) is 68.0 cm³/mol. The van der Waals surface area contributed by atoms with Crippen molar-refractivity contribution >= 4 is 5.91 Å². The number of amides is 1. The minimum absolute atomic E-state index is 0.0391. The van der Waals surface area contributed by atoms with Gasteiger partial charge in [0.25, 0.3) is 0 Å². The molecule has 0 aliphatic rings. The molecule has 1 atom stereocenters. The average molecular weight is 247 g/mol. The molecule has 1 amide bonds. The highest BCUT2D eigenvalue weighted by Gasteiger charge is 2.07. The standard InChI is InChI=1S/C13H17N3O2/c1-10(16-9-13(17)15-8-7-14)11-3-5-12(18-2)6-4-11/h3-6,10,16H,8-9H2,1-2H3,(H,15,17)/t10-/m0/s1. The fourth-order valence-electron chi connectivity index (χ4n) is 1.46. The topological polar surface area (TPSA) is 74.2 Å². The summed E-state index contributed by atoms with van der Waals surface area (Å²) in [7, 11) is 1.62. The number of nitrogens with zero attached hydrogens (tertiary/aromatic N) is 1. The second-order valence-electron chi connectivity index (χ2n) is 3.81. The van der Waals surface area contributed by atoms with Crippen LogP contribution in [0.1, 0.15) is 18.5 Å². The number of hydrogen-bond acceptors (Lipinski definition) is 4.